The quantitative estimate of drug-likeness (QED) is 0.314. The maximum atomic E-state index is 14.2. The maximum absolute atomic E-state index is 14.2. The lowest BCUT2D eigenvalue weighted by Crippen LogP contribution is -2.37. The minimum absolute atomic E-state index is 0.0567. The molecule has 0 radical (unpaired) electrons. The molecule has 1 aliphatic carbocycles. The van der Waals surface area contributed by atoms with Crippen LogP contribution in [0.1, 0.15) is 45.3 Å². The first-order chi connectivity index (χ1) is 17.5. The van der Waals surface area contributed by atoms with Gasteiger partial charge in [-0.25, -0.2) is 0 Å². The van der Waals surface area contributed by atoms with Crippen LogP contribution in [0.4, 0.5) is 0 Å². The number of hydrogen-bond donors (Lipinski definition) is 1. The largest absolute Gasteiger partial charge is 0.497 e. The Hall–Kier alpha value is -3.89. The average molecular weight is 479 g/mol. The Labute approximate surface area is 212 Å². The minimum atomic E-state index is -1.34. The first-order valence-corrected chi connectivity index (χ1v) is 12.2. The molecule has 0 aromatic heterocycles. The van der Waals surface area contributed by atoms with Gasteiger partial charge in [-0.15, -0.1) is 0 Å². The molecule has 1 fully saturated rings. The molecule has 1 saturated carbocycles. The molecule has 0 heterocycles. The molecule has 0 amide bonds. The summed E-state index contributed by atoms with van der Waals surface area (Å²) < 4.78 is 10.8. The summed E-state index contributed by atoms with van der Waals surface area (Å²) in [6.45, 7) is 0. The van der Waals surface area contributed by atoms with Crippen molar-refractivity contribution in [3.05, 3.63) is 131 Å². The van der Waals surface area contributed by atoms with Crippen LogP contribution >= 0.6 is 0 Å². The summed E-state index contributed by atoms with van der Waals surface area (Å²) in [7, 11) is 3.29. The number of rotatable bonds is 7. The molecule has 1 N–H and O–H groups in total. The highest BCUT2D eigenvalue weighted by atomic mass is 16.5. The van der Waals surface area contributed by atoms with Crippen LogP contribution in [0.5, 0.6) is 11.5 Å². The molecule has 4 aromatic rings. The summed E-state index contributed by atoms with van der Waals surface area (Å²) in [5.41, 5.74) is 2.08. The van der Waals surface area contributed by atoms with Crippen molar-refractivity contribution in [3.63, 3.8) is 0 Å². The van der Waals surface area contributed by atoms with Crippen molar-refractivity contribution in [2.24, 2.45) is 5.92 Å². The number of methoxy groups -OCH3 is 2. The molecule has 0 aliphatic heterocycles. The van der Waals surface area contributed by atoms with Crippen molar-refractivity contribution < 1.29 is 19.4 Å². The minimum Gasteiger partial charge on any atom is -0.497 e. The predicted molar refractivity (Wildman–Crippen MR) is 141 cm³/mol. The highest BCUT2D eigenvalue weighted by molar-refractivity contribution is 5.99. The molecular weight excluding hydrogens is 448 g/mol. The Kier molecular flexibility index (Phi) is 6.62. The van der Waals surface area contributed by atoms with Gasteiger partial charge in [0.2, 0.25) is 0 Å². The molecule has 0 unspecified atom stereocenters. The van der Waals surface area contributed by atoms with E-state index < -0.39 is 11.5 Å². The third-order valence-corrected chi connectivity index (χ3v) is 7.50. The Morgan fingerprint density at radius 3 is 1.75 bits per heavy atom. The fourth-order valence-electron chi connectivity index (χ4n) is 5.73. The van der Waals surface area contributed by atoms with Crippen molar-refractivity contribution in [2.75, 3.05) is 14.2 Å². The predicted octanol–water partition coefficient (Wildman–Crippen LogP) is 6.36. The highest BCUT2D eigenvalue weighted by Gasteiger charge is 2.57. The molecule has 1 aliphatic rings. The van der Waals surface area contributed by atoms with Gasteiger partial charge >= 0.3 is 0 Å². The number of carbonyl (C=O) groups is 1. The third kappa shape index (κ3) is 4.29. The molecule has 182 valence electrons. The van der Waals surface area contributed by atoms with Crippen LogP contribution < -0.4 is 9.47 Å². The molecule has 4 nitrogen and oxygen atoms in total. The zero-order valence-corrected chi connectivity index (χ0v) is 20.5. The van der Waals surface area contributed by atoms with Gasteiger partial charge in [-0.1, -0.05) is 84.9 Å². The van der Waals surface area contributed by atoms with E-state index in [-0.39, 0.29) is 17.6 Å². The van der Waals surface area contributed by atoms with E-state index in [1.807, 2.05) is 109 Å². The van der Waals surface area contributed by atoms with E-state index in [0.717, 1.165) is 28.2 Å². The smallest absolute Gasteiger partial charge is 0.169 e. The van der Waals surface area contributed by atoms with Gasteiger partial charge in [-0.3, -0.25) is 4.79 Å². The summed E-state index contributed by atoms with van der Waals surface area (Å²) in [5, 5.41) is 12.4. The van der Waals surface area contributed by atoms with Crippen LogP contribution in [0.15, 0.2) is 109 Å². The molecule has 36 heavy (non-hydrogen) atoms. The molecule has 0 saturated heterocycles. The lowest BCUT2D eigenvalue weighted by molar-refractivity contribution is -0.000255. The van der Waals surface area contributed by atoms with Gasteiger partial charge in [0.25, 0.3) is 0 Å². The van der Waals surface area contributed by atoms with E-state index in [9.17, 15) is 9.90 Å². The number of aliphatic hydroxyl groups is 1. The van der Waals surface area contributed by atoms with E-state index in [1.165, 1.54) is 0 Å². The molecule has 0 spiro atoms. The zero-order chi connectivity index (χ0) is 25.1. The Balaban J connectivity index is 1.70. The number of hydrogen-bond acceptors (Lipinski definition) is 4. The number of ketones is 1. The van der Waals surface area contributed by atoms with Gasteiger partial charge in [-0.05, 0) is 53.3 Å². The average Bonchev–Trinajstić information content (AvgIpc) is 3.27. The van der Waals surface area contributed by atoms with Crippen LogP contribution in [0.3, 0.4) is 0 Å². The van der Waals surface area contributed by atoms with Gasteiger partial charge in [0.15, 0.2) is 5.78 Å². The van der Waals surface area contributed by atoms with Crippen molar-refractivity contribution >= 4 is 5.78 Å². The lowest BCUT2D eigenvalue weighted by atomic mass is 9.73. The fraction of sp³-hybridized carbons (Fsp3) is 0.219. The second-order valence-electron chi connectivity index (χ2n) is 9.38. The van der Waals surface area contributed by atoms with Gasteiger partial charge < -0.3 is 14.6 Å². The van der Waals surface area contributed by atoms with Crippen LogP contribution in [-0.4, -0.2) is 25.1 Å². The molecule has 4 heteroatoms. The Morgan fingerprint density at radius 1 is 0.722 bits per heavy atom. The molecule has 4 aromatic carbocycles. The molecule has 5 rings (SSSR count). The van der Waals surface area contributed by atoms with Crippen molar-refractivity contribution in [2.45, 2.75) is 23.9 Å². The summed E-state index contributed by atoms with van der Waals surface area (Å²) in [5.74, 6) is 0.450. The second-order valence-corrected chi connectivity index (χ2v) is 9.38. The third-order valence-electron chi connectivity index (χ3n) is 7.50. The van der Waals surface area contributed by atoms with E-state index in [2.05, 4.69) is 0 Å². The number of benzene rings is 4. The van der Waals surface area contributed by atoms with Crippen molar-refractivity contribution in [3.8, 4) is 11.5 Å². The zero-order valence-electron chi connectivity index (χ0n) is 20.5. The first kappa shape index (κ1) is 23.8. The van der Waals surface area contributed by atoms with Crippen LogP contribution in [0.2, 0.25) is 0 Å². The Morgan fingerprint density at radius 2 is 1.22 bits per heavy atom. The maximum Gasteiger partial charge on any atom is 0.169 e. The highest BCUT2D eigenvalue weighted by Crippen LogP contribution is 2.59. The summed E-state index contributed by atoms with van der Waals surface area (Å²) in [4.78, 5) is 14.2. The summed E-state index contributed by atoms with van der Waals surface area (Å²) in [6.07, 6.45) is 0.420. The van der Waals surface area contributed by atoms with E-state index in [1.54, 1.807) is 14.2 Å². The fourth-order valence-corrected chi connectivity index (χ4v) is 5.73. The van der Waals surface area contributed by atoms with E-state index >= 15 is 0 Å². The monoisotopic (exact) mass is 478 g/mol. The molecule has 0 bridgehead atoms. The summed E-state index contributed by atoms with van der Waals surface area (Å²) >= 11 is 0. The van der Waals surface area contributed by atoms with Crippen LogP contribution in [0, 0.1) is 5.92 Å². The van der Waals surface area contributed by atoms with Gasteiger partial charge in [0, 0.05) is 11.5 Å². The first-order valence-electron chi connectivity index (χ1n) is 12.2. The SMILES string of the molecule is COc1ccc([C@@H]2[C@@H](C(=O)c3ccccc3)[C@](O)(c3ccccc3)C[C@H]2c2ccc(OC)cc2)cc1. The summed E-state index contributed by atoms with van der Waals surface area (Å²) in [6, 6.07) is 34.7. The lowest BCUT2D eigenvalue weighted by Gasteiger charge is -2.33. The van der Waals surface area contributed by atoms with Gasteiger partial charge in [-0.2, -0.15) is 0 Å². The molecular formula is C32H30O4. The number of ether oxygens (including phenoxy) is 2. The second kappa shape index (κ2) is 10.00. The van der Waals surface area contributed by atoms with Gasteiger partial charge in [0.05, 0.1) is 20.1 Å². The standard InChI is InChI=1S/C32H30O4/c1-35-26-17-13-22(14-18-26)28-21-32(34,25-11-7-4-8-12-25)30(31(33)24-9-5-3-6-10-24)29(28)23-15-19-27(36-2)20-16-23/h3-20,28-30,34H,21H2,1-2H3/t28-,29-,30-,32+/m0/s1. The van der Waals surface area contributed by atoms with E-state index in [4.69, 9.17) is 9.47 Å². The van der Waals surface area contributed by atoms with Gasteiger partial charge in [0.1, 0.15) is 17.1 Å². The topological polar surface area (TPSA) is 55.8 Å². The normalized spacial score (nSPS) is 23.2. The Bertz CT molecular complexity index is 1300. The molecule has 4 atom stereocenters. The number of Topliss-reactive ketones (excluding diaryl/α,β-unsaturated/α-hetero) is 1. The van der Waals surface area contributed by atoms with E-state index in [0.29, 0.717) is 12.0 Å². The van der Waals surface area contributed by atoms with Crippen molar-refractivity contribution in [1.82, 2.24) is 0 Å². The van der Waals surface area contributed by atoms with Crippen molar-refractivity contribution in [1.29, 1.82) is 0 Å². The van der Waals surface area contributed by atoms with Crippen LogP contribution in [-0.2, 0) is 5.60 Å². The number of carbonyl (C=O) groups excluding carboxylic acids is 1. The van der Waals surface area contributed by atoms with Crippen LogP contribution in [0.25, 0.3) is 0 Å².